The van der Waals surface area contributed by atoms with Gasteiger partial charge in [-0.05, 0) is 9.65 Å². The minimum absolute atomic E-state index is 0.0818. The predicted molar refractivity (Wildman–Crippen MR) is 76.0 cm³/mol. The highest BCUT2D eigenvalue weighted by molar-refractivity contribution is 6.18. The summed E-state index contributed by atoms with van der Waals surface area (Å²) in [5, 5.41) is 10.9. The molecule has 0 aromatic carbocycles. The number of nitro groups is 1. The second-order valence-corrected chi connectivity index (χ2v) is 5.07. The number of rotatable bonds is 6. The number of imidazole rings is 1. The Balaban J connectivity index is 2.25. The van der Waals surface area contributed by atoms with E-state index in [-0.39, 0.29) is 5.88 Å². The van der Waals surface area contributed by atoms with Crippen LogP contribution < -0.4 is 4.84 Å². The van der Waals surface area contributed by atoms with Gasteiger partial charge in [0, 0.05) is 13.8 Å². The molecular weight excluding hydrogens is 350 g/mol. The highest BCUT2D eigenvalue weighted by Crippen LogP contribution is 2.28. The van der Waals surface area contributed by atoms with Crippen LogP contribution in [0.15, 0.2) is 12.4 Å². The summed E-state index contributed by atoms with van der Waals surface area (Å²) < 4.78 is 16.4. The van der Waals surface area contributed by atoms with Crippen molar-refractivity contribution in [3.8, 4) is 0 Å². The molecule has 1 aromatic rings. The minimum atomic E-state index is -1.28. The molecule has 2 heterocycles. The fraction of sp³-hybridized carbons (Fsp3) is 0.583. The number of ether oxygens (including phenoxy) is 3. The summed E-state index contributed by atoms with van der Waals surface area (Å²) in [5.74, 6) is -1.99. The molecule has 4 atom stereocenters. The van der Waals surface area contributed by atoms with Gasteiger partial charge in [0.2, 0.25) is 6.10 Å². The molecule has 2 rings (SSSR count). The van der Waals surface area contributed by atoms with E-state index in [2.05, 4.69) is 4.98 Å². The lowest BCUT2D eigenvalue weighted by molar-refractivity contribution is -0.404. The van der Waals surface area contributed by atoms with Gasteiger partial charge in [-0.2, -0.15) is 0 Å². The van der Waals surface area contributed by atoms with Gasteiger partial charge in [-0.3, -0.25) is 9.59 Å². The molecular formula is C12H14ClN3O8. The first-order valence-electron chi connectivity index (χ1n) is 6.74. The largest absolute Gasteiger partial charge is 0.471 e. The van der Waals surface area contributed by atoms with Gasteiger partial charge in [-0.1, -0.05) is 4.98 Å². The highest BCUT2D eigenvalue weighted by Gasteiger charge is 2.51. The van der Waals surface area contributed by atoms with Gasteiger partial charge in [-0.15, -0.1) is 11.6 Å². The van der Waals surface area contributed by atoms with Crippen molar-refractivity contribution in [3.05, 3.63) is 22.5 Å². The van der Waals surface area contributed by atoms with Crippen molar-refractivity contribution in [3.63, 3.8) is 0 Å². The third kappa shape index (κ3) is 3.92. The lowest BCUT2D eigenvalue weighted by atomic mass is 10.1. The molecule has 0 saturated carbocycles. The number of halogens is 1. The van der Waals surface area contributed by atoms with Crippen LogP contribution in [0.25, 0.3) is 0 Å². The molecule has 0 unspecified atom stereocenters. The van der Waals surface area contributed by atoms with Crippen LogP contribution >= 0.6 is 11.6 Å². The SMILES string of the molecule is CC(=O)O[C@@H]1[C@H](On2ccnc2[N+](=O)[O-])O[C@H](CCl)[C@H]1OC(C)=O. The third-order valence-electron chi connectivity index (χ3n) is 2.99. The number of esters is 2. The highest BCUT2D eigenvalue weighted by atomic mass is 35.5. The van der Waals surface area contributed by atoms with E-state index in [1.165, 1.54) is 13.1 Å². The molecule has 0 aliphatic carbocycles. The molecule has 0 N–H and O–H groups in total. The summed E-state index contributed by atoms with van der Waals surface area (Å²) in [7, 11) is 0. The number of aromatic nitrogens is 2. The Hall–Kier alpha value is -2.40. The van der Waals surface area contributed by atoms with Crippen LogP contribution in [0.4, 0.5) is 5.95 Å². The van der Waals surface area contributed by atoms with Gasteiger partial charge < -0.3 is 29.2 Å². The normalized spacial score (nSPS) is 26.0. The van der Waals surface area contributed by atoms with Crippen molar-refractivity contribution >= 4 is 29.5 Å². The monoisotopic (exact) mass is 363 g/mol. The first-order valence-corrected chi connectivity index (χ1v) is 7.27. The average Bonchev–Trinajstić information content (AvgIpc) is 3.06. The summed E-state index contributed by atoms with van der Waals surface area (Å²) in [6.45, 7) is 2.32. The van der Waals surface area contributed by atoms with Gasteiger partial charge >= 0.3 is 17.9 Å². The lowest BCUT2D eigenvalue weighted by Gasteiger charge is -2.21. The van der Waals surface area contributed by atoms with E-state index in [1.807, 2.05) is 0 Å². The second kappa shape index (κ2) is 7.45. The Labute approximate surface area is 140 Å². The number of carbonyl (C=O) groups excluding carboxylic acids is 2. The maximum absolute atomic E-state index is 11.3. The first kappa shape index (κ1) is 17.9. The Morgan fingerprint density at radius 3 is 2.54 bits per heavy atom. The van der Waals surface area contributed by atoms with Crippen LogP contribution in [-0.4, -0.2) is 57.1 Å². The quantitative estimate of drug-likeness (QED) is 0.297. The zero-order valence-electron chi connectivity index (χ0n) is 12.7. The average molecular weight is 364 g/mol. The molecule has 1 aliphatic heterocycles. The van der Waals surface area contributed by atoms with Crippen LogP contribution in [-0.2, 0) is 23.8 Å². The molecule has 0 bridgehead atoms. The van der Waals surface area contributed by atoms with Crippen molar-refractivity contribution in [1.82, 2.24) is 9.71 Å². The maximum atomic E-state index is 11.3. The van der Waals surface area contributed by atoms with Crippen molar-refractivity contribution in [2.24, 2.45) is 0 Å². The number of hydrogen-bond donors (Lipinski definition) is 0. The zero-order valence-corrected chi connectivity index (χ0v) is 13.4. The number of hydrogen-bond acceptors (Lipinski definition) is 9. The maximum Gasteiger partial charge on any atom is 0.471 e. The topological polar surface area (TPSA) is 132 Å². The fourth-order valence-corrected chi connectivity index (χ4v) is 2.41. The predicted octanol–water partition coefficient (Wildman–Crippen LogP) is 0.0470. The van der Waals surface area contributed by atoms with Crippen molar-refractivity contribution in [2.75, 3.05) is 5.88 Å². The van der Waals surface area contributed by atoms with E-state index in [9.17, 15) is 19.7 Å². The second-order valence-electron chi connectivity index (χ2n) is 4.76. The Morgan fingerprint density at radius 2 is 2.00 bits per heavy atom. The lowest BCUT2D eigenvalue weighted by Crippen LogP contribution is -2.43. The van der Waals surface area contributed by atoms with E-state index in [0.717, 1.165) is 17.9 Å². The van der Waals surface area contributed by atoms with Crippen molar-refractivity contribution in [1.29, 1.82) is 0 Å². The summed E-state index contributed by atoms with van der Waals surface area (Å²) in [5.41, 5.74) is 0. The summed E-state index contributed by atoms with van der Waals surface area (Å²) >= 11 is 5.78. The van der Waals surface area contributed by atoms with E-state index in [4.69, 9.17) is 30.6 Å². The van der Waals surface area contributed by atoms with Crippen LogP contribution in [0.1, 0.15) is 13.8 Å². The molecule has 0 amide bonds. The molecule has 12 heteroatoms. The van der Waals surface area contributed by atoms with Crippen molar-refractivity contribution < 1.29 is 33.6 Å². The molecule has 0 radical (unpaired) electrons. The molecule has 1 saturated heterocycles. The van der Waals surface area contributed by atoms with Crippen LogP contribution in [0.2, 0.25) is 0 Å². The Morgan fingerprint density at radius 1 is 1.38 bits per heavy atom. The van der Waals surface area contributed by atoms with E-state index in [0.29, 0.717) is 0 Å². The van der Waals surface area contributed by atoms with Crippen LogP contribution in [0.5, 0.6) is 0 Å². The molecule has 1 fully saturated rings. The van der Waals surface area contributed by atoms with Gasteiger partial charge in [0.15, 0.2) is 6.10 Å². The van der Waals surface area contributed by atoms with Gasteiger partial charge in [0.1, 0.15) is 18.5 Å². The summed E-state index contributed by atoms with van der Waals surface area (Å²) in [6, 6.07) is 0. The fourth-order valence-electron chi connectivity index (χ4n) is 2.16. The molecule has 132 valence electrons. The van der Waals surface area contributed by atoms with Crippen molar-refractivity contribution in [2.45, 2.75) is 38.4 Å². The van der Waals surface area contributed by atoms with E-state index in [1.54, 1.807) is 0 Å². The van der Waals surface area contributed by atoms with Gasteiger partial charge in [-0.25, -0.2) is 0 Å². The summed E-state index contributed by atoms with van der Waals surface area (Å²) in [6.07, 6.45) is -1.95. The summed E-state index contributed by atoms with van der Waals surface area (Å²) in [4.78, 5) is 41.5. The van der Waals surface area contributed by atoms with Gasteiger partial charge in [0.25, 0.3) is 6.29 Å². The van der Waals surface area contributed by atoms with Crippen LogP contribution in [0, 0.1) is 10.1 Å². The standard InChI is InChI=1S/C12H14ClN3O8/c1-6(17)21-9-8(5-13)23-11(10(9)22-7(2)18)24-15-4-3-14-12(15)16(19)20/h3-4,8-11H,5H2,1-2H3/t8-,9-,10+,11+/m1/s1. The Kier molecular flexibility index (Phi) is 5.57. The molecule has 1 aromatic heterocycles. The van der Waals surface area contributed by atoms with Gasteiger partial charge in [0.05, 0.1) is 5.88 Å². The van der Waals surface area contributed by atoms with E-state index >= 15 is 0 Å². The molecule has 11 nitrogen and oxygen atoms in total. The van der Waals surface area contributed by atoms with E-state index < -0.39 is 47.4 Å². The molecule has 1 aliphatic rings. The first-order chi connectivity index (χ1) is 11.3. The molecule has 0 spiro atoms. The minimum Gasteiger partial charge on any atom is -0.455 e. The molecule has 24 heavy (non-hydrogen) atoms. The smallest absolute Gasteiger partial charge is 0.455 e. The Bertz CT molecular complexity index is 636. The zero-order chi connectivity index (χ0) is 17.9. The number of nitrogens with zero attached hydrogens (tertiary/aromatic N) is 3. The number of carbonyl (C=O) groups is 2. The third-order valence-corrected chi connectivity index (χ3v) is 3.30. The number of alkyl halides is 1. The van der Waals surface area contributed by atoms with Crippen LogP contribution in [0.3, 0.4) is 0 Å².